The van der Waals surface area contributed by atoms with E-state index in [0.717, 1.165) is 0 Å². The molecule has 134 valence electrons. The standard InChI is InChI=1S/C17H12Cl2FN3O2S/c18-12-3-6-15(19)17(7-12)26(24,25)23-9-14-8-16(22-10-21-14)11-1-4-13(20)5-2-11/h1-8,10,23H,9H2. The molecule has 0 spiro atoms. The quantitative estimate of drug-likeness (QED) is 0.686. The number of benzene rings is 2. The van der Waals surface area contributed by atoms with Crippen LogP contribution in [0.3, 0.4) is 0 Å². The molecule has 0 aliphatic heterocycles. The molecule has 1 aromatic heterocycles. The first kappa shape index (κ1) is 18.7. The van der Waals surface area contributed by atoms with E-state index in [1.165, 1.54) is 36.7 Å². The fourth-order valence-electron chi connectivity index (χ4n) is 2.20. The number of aromatic nitrogens is 2. The van der Waals surface area contributed by atoms with E-state index in [1.54, 1.807) is 18.2 Å². The molecule has 3 rings (SSSR count). The van der Waals surface area contributed by atoms with Crippen LogP contribution in [0.5, 0.6) is 0 Å². The number of hydrogen-bond donors (Lipinski definition) is 1. The van der Waals surface area contributed by atoms with E-state index in [2.05, 4.69) is 14.7 Å². The molecule has 0 saturated heterocycles. The summed E-state index contributed by atoms with van der Waals surface area (Å²) in [6.07, 6.45) is 1.31. The Morgan fingerprint density at radius 3 is 2.46 bits per heavy atom. The van der Waals surface area contributed by atoms with Crippen LogP contribution in [-0.2, 0) is 16.6 Å². The van der Waals surface area contributed by atoms with Gasteiger partial charge in [0.1, 0.15) is 17.0 Å². The fourth-order valence-corrected chi connectivity index (χ4v) is 3.96. The minimum Gasteiger partial charge on any atom is -0.240 e. The lowest BCUT2D eigenvalue weighted by molar-refractivity contribution is 0.580. The number of sulfonamides is 1. The molecule has 5 nitrogen and oxygen atoms in total. The number of nitrogens with one attached hydrogen (secondary N) is 1. The molecule has 9 heteroatoms. The molecule has 3 aromatic rings. The summed E-state index contributed by atoms with van der Waals surface area (Å²) in [7, 11) is -3.87. The lowest BCUT2D eigenvalue weighted by Gasteiger charge is -2.09. The van der Waals surface area contributed by atoms with Gasteiger partial charge in [-0.2, -0.15) is 0 Å². The lowest BCUT2D eigenvalue weighted by Crippen LogP contribution is -2.24. The topological polar surface area (TPSA) is 72.0 Å². The molecule has 0 radical (unpaired) electrons. The van der Waals surface area contributed by atoms with Crippen molar-refractivity contribution in [1.82, 2.24) is 14.7 Å². The molecule has 26 heavy (non-hydrogen) atoms. The fraction of sp³-hybridized carbons (Fsp3) is 0.0588. The summed E-state index contributed by atoms with van der Waals surface area (Å²) in [6, 6.07) is 11.6. The first-order valence-corrected chi connectivity index (χ1v) is 9.61. The van der Waals surface area contributed by atoms with Crippen LogP contribution in [0.2, 0.25) is 10.0 Å². The number of nitrogens with zero attached hydrogens (tertiary/aromatic N) is 2. The smallest absolute Gasteiger partial charge is 0.240 e. The highest BCUT2D eigenvalue weighted by atomic mass is 35.5. The molecule has 1 heterocycles. The van der Waals surface area contributed by atoms with Crippen LogP contribution >= 0.6 is 23.2 Å². The summed E-state index contributed by atoms with van der Waals surface area (Å²) in [5.74, 6) is -0.353. The maximum Gasteiger partial charge on any atom is 0.242 e. The third kappa shape index (κ3) is 4.37. The molecular formula is C17H12Cl2FN3O2S. The highest BCUT2D eigenvalue weighted by Gasteiger charge is 2.18. The Morgan fingerprint density at radius 1 is 1.00 bits per heavy atom. The Hall–Kier alpha value is -2.06. The van der Waals surface area contributed by atoms with E-state index in [4.69, 9.17) is 23.2 Å². The summed E-state index contributed by atoms with van der Waals surface area (Å²) in [5, 5.41) is 0.326. The van der Waals surface area contributed by atoms with Crippen LogP contribution in [0.25, 0.3) is 11.3 Å². The lowest BCUT2D eigenvalue weighted by atomic mass is 10.1. The van der Waals surface area contributed by atoms with Gasteiger partial charge in [-0.1, -0.05) is 23.2 Å². The van der Waals surface area contributed by atoms with Gasteiger partial charge in [0.25, 0.3) is 0 Å². The zero-order valence-electron chi connectivity index (χ0n) is 13.2. The van der Waals surface area contributed by atoms with Crippen molar-refractivity contribution in [3.05, 3.63) is 76.4 Å². The Kier molecular flexibility index (Phi) is 5.52. The Labute approximate surface area is 159 Å². The summed E-state index contributed by atoms with van der Waals surface area (Å²) in [6.45, 7) is -0.0676. The third-order valence-electron chi connectivity index (χ3n) is 3.49. The Bertz CT molecular complexity index is 1040. The van der Waals surface area contributed by atoms with Gasteiger partial charge in [0.15, 0.2) is 0 Å². The van der Waals surface area contributed by atoms with E-state index < -0.39 is 10.0 Å². The van der Waals surface area contributed by atoms with E-state index in [1.807, 2.05) is 0 Å². The summed E-state index contributed by atoms with van der Waals surface area (Å²) < 4.78 is 40.3. The second-order valence-electron chi connectivity index (χ2n) is 5.30. The first-order valence-electron chi connectivity index (χ1n) is 7.37. The van der Waals surface area contributed by atoms with Gasteiger partial charge in [0.05, 0.1) is 23.0 Å². The van der Waals surface area contributed by atoms with Gasteiger partial charge in [0.2, 0.25) is 10.0 Å². The van der Waals surface area contributed by atoms with Gasteiger partial charge in [0, 0.05) is 10.6 Å². The van der Waals surface area contributed by atoms with Crippen molar-refractivity contribution in [2.75, 3.05) is 0 Å². The van der Waals surface area contributed by atoms with Crippen molar-refractivity contribution in [2.45, 2.75) is 11.4 Å². The van der Waals surface area contributed by atoms with Crippen LogP contribution < -0.4 is 4.72 Å². The van der Waals surface area contributed by atoms with Crippen molar-refractivity contribution in [3.8, 4) is 11.3 Å². The minimum atomic E-state index is -3.87. The maximum absolute atomic E-state index is 13.0. The molecule has 0 aliphatic carbocycles. The van der Waals surface area contributed by atoms with Crippen LogP contribution in [0.1, 0.15) is 5.69 Å². The van der Waals surface area contributed by atoms with E-state index in [9.17, 15) is 12.8 Å². The predicted octanol–water partition coefficient (Wildman–Crippen LogP) is 4.07. The highest BCUT2D eigenvalue weighted by Crippen LogP contribution is 2.25. The van der Waals surface area contributed by atoms with Crippen molar-refractivity contribution < 1.29 is 12.8 Å². The Morgan fingerprint density at radius 2 is 1.73 bits per heavy atom. The number of halogens is 3. The number of hydrogen-bond acceptors (Lipinski definition) is 4. The monoisotopic (exact) mass is 411 g/mol. The third-order valence-corrected chi connectivity index (χ3v) is 5.61. The van der Waals surface area contributed by atoms with Gasteiger partial charge < -0.3 is 0 Å². The number of rotatable bonds is 5. The average molecular weight is 412 g/mol. The average Bonchev–Trinajstić information content (AvgIpc) is 2.63. The molecule has 0 unspecified atom stereocenters. The van der Waals surface area contributed by atoms with Crippen LogP contribution in [0, 0.1) is 5.82 Å². The van der Waals surface area contributed by atoms with Crippen LogP contribution in [0.15, 0.2) is 59.8 Å². The van der Waals surface area contributed by atoms with Gasteiger partial charge in [-0.05, 0) is 48.5 Å². The zero-order chi connectivity index (χ0) is 18.7. The first-order chi connectivity index (χ1) is 12.3. The minimum absolute atomic E-state index is 0.0663. The van der Waals surface area contributed by atoms with Crippen molar-refractivity contribution >= 4 is 33.2 Å². The highest BCUT2D eigenvalue weighted by molar-refractivity contribution is 7.89. The van der Waals surface area contributed by atoms with E-state index >= 15 is 0 Å². The van der Waals surface area contributed by atoms with Gasteiger partial charge >= 0.3 is 0 Å². The van der Waals surface area contributed by atoms with Gasteiger partial charge in [-0.25, -0.2) is 27.5 Å². The van der Waals surface area contributed by atoms with Crippen molar-refractivity contribution in [3.63, 3.8) is 0 Å². The summed E-state index contributed by atoms with van der Waals surface area (Å²) >= 11 is 11.8. The van der Waals surface area contributed by atoms with Crippen molar-refractivity contribution in [2.24, 2.45) is 0 Å². The second-order valence-corrected chi connectivity index (χ2v) is 7.88. The molecule has 2 aromatic carbocycles. The normalized spacial score (nSPS) is 11.5. The largest absolute Gasteiger partial charge is 0.242 e. The molecule has 1 N–H and O–H groups in total. The zero-order valence-corrected chi connectivity index (χ0v) is 15.5. The SMILES string of the molecule is O=S(=O)(NCc1cc(-c2ccc(F)cc2)ncn1)c1cc(Cl)ccc1Cl. The molecule has 0 bridgehead atoms. The van der Waals surface area contributed by atoms with Gasteiger partial charge in [-0.15, -0.1) is 0 Å². The van der Waals surface area contributed by atoms with Gasteiger partial charge in [-0.3, -0.25) is 0 Å². The van der Waals surface area contributed by atoms with E-state index in [-0.39, 0.29) is 27.3 Å². The molecule has 0 saturated carbocycles. The summed E-state index contributed by atoms with van der Waals surface area (Å²) in [4.78, 5) is 8.05. The molecule has 0 atom stereocenters. The molecular weight excluding hydrogens is 400 g/mol. The van der Waals surface area contributed by atoms with Crippen LogP contribution in [0.4, 0.5) is 4.39 Å². The van der Waals surface area contributed by atoms with E-state index in [0.29, 0.717) is 17.0 Å². The molecule has 0 aliphatic rings. The van der Waals surface area contributed by atoms with Crippen LogP contribution in [-0.4, -0.2) is 18.4 Å². The molecule has 0 amide bonds. The maximum atomic E-state index is 13.0. The predicted molar refractivity (Wildman–Crippen MR) is 97.9 cm³/mol. The second kappa shape index (κ2) is 7.67. The molecule has 0 fully saturated rings. The Balaban J connectivity index is 1.80. The summed E-state index contributed by atoms with van der Waals surface area (Å²) in [5.41, 5.74) is 1.69. The van der Waals surface area contributed by atoms with Crippen molar-refractivity contribution in [1.29, 1.82) is 0 Å².